The van der Waals surface area contributed by atoms with Crippen LogP contribution >= 0.6 is 11.6 Å². The zero-order valence-corrected chi connectivity index (χ0v) is 18.0. The maximum Gasteiger partial charge on any atom is 0.255 e. The second kappa shape index (κ2) is 10.5. The summed E-state index contributed by atoms with van der Waals surface area (Å²) in [5.41, 5.74) is 2.55. The summed E-state index contributed by atoms with van der Waals surface area (Å²) in [5, 5.41) is 6.06. The normalized spacial score (nSPS) is 10.3. The predicted molar refractivity (Wildman–Crippen MR) is 121 cm³/mol. The highest BCUT2D eigenvalue weighted by Crippen LogP contribution is 2.30. The van der Waals surface area contributed by atoms with Crippen LogP contribution in [0.4, 0.5) is 5.69 Å². The molecule has 0 unspecified atom stereocenters. The Balaban J connectivity index is 1.74. The SMILES string of the molecule is CNC(=O)Cc1ccccc1NC(=O)c1ccc(OCc2ccccc2Cl)c(OC)c1. The Hall–Kier alpha value is -3.51. The van der Waals surface area contributed by atoms with Crippen LogP contribution in [0.3, 0.4) is 0 Å². The fourth-order valence-electron chi connectivity index (χ4n) is 2.95. The Labute approximate surface area is 186 Å². The van der Waals surface area contributed by atoms with E-state index >= 15 is 0 Å². The summed E-state index contributed by atoms with van der Waals surface area (Å²) in [6.07, 6.45) is 0.172. The van der Waals surface area contributed by atoms with Gasteiger partial charge in [0.15, 0.2) is 11.5 Å². The molecule has 7 heteroatoms. The number of hydrogen-bond donors (Lipinski definition) is 2. The second-order valence-electron chi connectivity index (χ2n) is 6.71. The second-order valence-corrected chi connectivity index (χ2v) is 7.11. The number of likely N-dealkylation sites (N-methyl/N-ethyl adjacent to an activating group) is 1. The molecule has 2 N–H and O–H groups in total. The van der Waals surface area contributed by atoms with Crippen LogP contribution in [0.5, 0.6) is 11.5 Å². The number of hydrogen-bond acceptors (Lipinski definition) is 4. The number of anilines is 1. The molecule has 3 rings (SSSR count). The molecule has 0 bridgehead atoms. The zero-order chi connectivity index (χ0) is 22.2. The predicted octanol–water partition coefficient (Wildman–Crippen LogP) is 4.47. The number of ether oxygens (including phenoxy) is 2. The first-order valence-electron chi connectivity index (χ1n) is 9.66. The maximum atomic E-state index is 12.8. The van der Waals surface area contributed by atoms with E-state index in [2.05, 4.69) is 10.6 Å². The van der Waals surface area contributed by atoms with Gasteiger partial charge in [-0.3, -0.25) is 9.59 Å². The molecule has 0 radical (unpaired) electrons. The first-order valence-corrected chi connectivity index (χ1v) is 10.0. The van der Waals surface area contributed by atoms with E-state index in [1.165, 1.54) is 7.11 Å². The third kappa shape index (κ3) is 5.77. The minimum atomic E-state index is -0.319. The number of halogens is 1. The van der Waals surface area contributed by atoms with Gasteiger partial charge in [0.05, 0.1) is 13.5 Å². The lowest BCUT2D eigenvalue weighted by atomic mass is 10.1. The van der Waals surface area contributed by atoms with E-state index in [-0.39, 0.29) is 24.8 Å². The number of carbonyl (C=O) groups excluding carboxylic acids is 2. The lowest BCUT2D eigenvalue weighted by molar-refractivity contribution is -0.119. The standard InChI is InChI=1S/C24H23ClN2O4/c1-26-23(28)14-16-7-4-6-10-20(16)27-24(29)17-11-12-21(22(13-17)30-2)31-15-18-8-3-5-9-19(18)25/h3-13H,14-15H2,1-2H3,(H,26,28)(H,27,29). The number of amides is 2. The zero-order valence-electron chi connectivity index (χ0n) is 17.3. The smallest absolute Gasteiger partial charge is 0.255 e. The number of carbonyl (C=O) groups is 2. The average molecular weight is 439 g/mol. The molecule has 0 saturated heterocycles. The first kappa shape index (κ1) is 22.2. The Bertz CT molecular complexity index is 1080. The highest BCUT2D eigenvalue weighted by Gasteiger charge is 2.14. The van der Waals surface area contributed by atoms with Crippen LogP contribution < -0.4 is 20.1 Å². The van der Waals surface area contributed by atoms with E-state index in [4.69, 9.17) is 21.1 Å². The van der Waals surface area contributed by atoms with E-state index in [9.17, 15) is 9.59 Å². The number of methoxy groups -OCH3 is 1. The fraction of sp³-hybridized carbons (Fsp3) is 0.167. The van der Waals surface area contributed by atoms with Gasteiger partial charge >= 0.3 is 0 Å². The third-order valence-corrected chi connectivity index (χ3v) is 5.03. The van der Waals surface area contributed by atoms with Gasteiger partial charge in [-0.1, -0.05) is 48.0 Å². The summed E-state index contributed by atoms with van der Waals surface area (Å²) in [5.74, 6) is 0.473. The van der Waals surface area contributed by atoms with Crippen molar-refractivity contribution in [3.05, 3.63) is 88.4 Å². The van der Waals surface area contributed by atoms with Crippen molar-refractivity contribution >= 4 is 29.1 Å². The van der Waals surface area contributed by atoms with Gasteiger partial charge in [0, 0.05) is 28.9 Å². The highest BCUT2D eigenvalue weighted by atomic mass is 35.5. The van der Waals surface area contributed by atoms with E-state index in [1.807, 2.05) is 24.3 Å². The molecule has 3 aromatic rings. The molecule has 0 heterocycles. The van der Waals surface area contributed by atoms with Gasteiger partial charge in [-0.2, -0.15) is 0 Å². The van der Waals surface area contributed by atoms with Crippen molar-refractivity contribution in [2.75, 3.05) is 19.5 Å². The van der Waals surface area contributed by atoms with Crippen LogP contribution in [-0.2, 0) is 17.8 Å². The van der Waals surface area contributed by atoms with Gasteiger partial charge in [-0.25, -0.2) is 0 Å². The van der Waals surface area contributed by atoms with Gasteiger partial charge in [0.25, 0.3) is 5.91 Å². The van der Waals surface area contributed by atoms with E-state index in [0.29, 0.717) is 27.8 Å². The molecular weight excluding hydrogens is 416 g/mol. The van der Waals surface area contributed by atoms with Crippen molar-refractivity contribution in [2.45, 2.75) is 13.0 Å². The summed E-state index contributed by atoms with van der Waals surface area (Å²) >= 11 is 6.17. The van der Waals surface area contributed by atoms with E-state index < -0.39 is 0 Å². The quantitative estimate of drug-likeness (QED) is 0.544. The molecule has 0 aliphatic heterocycles. The van der Waals surface area contributed by atoms with Crippen LogP contribution in [-0.4, -0.2) is 26.0 Å². The Morgan fingerprint density at radius 1 is 0.935 bits per heavy atom. The molecular formula is C24H23ClN2O4. The lowest BCUT2D eigenvalue weighted by Crippen LogP contribution is -2.21. The van der Waals surface area contributed by atoms with E-state index in [0.717, 1.165) is 11.1 Å². The molecule has 0 aliphatic carbocycles. The molecule has 0 atom stereocenters. The number of benzene rings is 3. The van der Waals surface area contributed by atoms with Crippen LogP contribution in [0.15, 0.2) is 66.7 Å². The van der Waals surface area contributed by atoms with Crippen molar-refractivity contribution in [3.63, 3.8) is 0 Å². The lowest BCUT2D eigenvalue weighted by Gasteiger charge is -2.14. The Morgan fingerprint density at radius 3 is 2.35 bits per heavy atom. The third-order valence-electron chi connectivity index (χ3n) is 4.66. The van der Waals surface area contributed by atoms with Crippen molar-refractivity contribution in [3.8, 4) is 11.5 Å². The van der Waals surface area contributed by atoms with Crippen molar-refractivity contribution in [2.24, 2.45) is 0 Å². The largest absolute Gasteiger partial charge is 0.493 e. The van der Waals surface area contributed by atoms with Gasteiger partial charge in [0.2, 0.25) is 5.91 Å². The molecule has 0 aromatic heterocycles. The molecule has 2 amide bonds. The Morgan fingerprint density at radius 2 is 1.65 bits per heavy atom. The molecule has 6 nitrogen and oxygen atoms in total. The molecule has 3 aromatic carbocycles. The average Bonchev–Trinajstić information content (AvgIpc) is 2.79. The monoisotopic (exact) mass is 438 g/mol. The summed E-state index contributed by atoms with van der Waals surface area (Å²) in [4.78, 5) is 24.5. The van der Waals surface area contributed by atoms with Gasteiger partial charge in [-0.05, 0) is 35.9 Å². The number of para-hydroxylation sites is 1. The summed E-state index contributed by atoms with van der Waals surface area (Å²) in [7, 11) is 3.09. The fourth-order valence-corrected chi connectivity index (χ4v) is 3.14. The highest BCUT2D eigenvalue weighted by molar-refractivity contribution is 6.31. The molecule has 0 aliphatic rings. The molecule has 0 saturated carbocycles. The summed E-state index contributed by atoms with van der Waals surface area (Å²) in [6.45, 7) is 0.272. The summed E-state index contributed by atoms with van der Waals surface area (Å²) in [6, 6.07) is 19.5. The molecule has 0 spiro atoms. The topological polar surface area (TPSA) is 76.7 Å². The minimum absolute atomic E-state index is 0.136. The number of rotatable bonds is 8. The first-order chi connectivity index (χ1) is 15.0. The van der Waals surface area contributed by atoms with Crippen molar-refractivity contribution < 1.29 is 19.1 Å². The Kier molecular flexibility index (Phi) is 7.51. The van der Waals surface area contributed by atoms with Crippen molar-refractivity contribution in [1.29, 1.82) is 0 Å². The minimum Gasteiger partial charge on any atom is -0.493 e. The van der Waals surface area contributed by atoms with Crippen molar-refractivity contribution in [1.82, 2.24) is 5.32 Å². The van der Waals surface area contributed by atoms with Crippen LogP contribution in [0.2, 0.25) is 5.02 Å². The van der Waals surface area contributed by atoms with Crippen LogP contribution in [0.25, 0.3) is 0 Å². The maximum absolute atomic E-state index is 12.8. The summed E-state index contributed by atoms with van der Waals surface area (Å²) < 4.78 is 11.2. The molecule has 31 heavy (non-hydrogen) atoms. The molecule has 0 fully saturated rings. The van der Waals surface area contributed by atoms with Gasteiger partial charge in [-0.15, -0.1) is 0 Å². The number of nitrogens with one attached hydrogen (secondary N) is 2. The van der Waals surface area contributed by atoms with Crippen LogP contribution in [0, 0.1) is 0 Å². The van der Waals surface area contributed by atoms with Gasteiger partial charge < -0.3 is 20.1 Å². The van der Waals surface area contributed by atoms with Gasteiger partial charge in [0.1, 0.15) is 6.61 Å². The molecule has 160 valence electrons. The van der Waals surface area contributed by atoms with Crippen LogP contribution in [0.1, 0.15) is 21.5 Å². The van der Waals surface area contributed by atoms with E-state index in [1.54, 1.807) is 49.5 Å².